The van der Waals surface area contributed by atoms with Crippen LogP contribution in [0.2, 0.25) is 0 Å². The number of aryl methyl sites for hydroxylation is 1. The van der Waals surface area contributed by atoms with Crippen LogP contribution in [-0.4, -0.2) is 39.4 Å². The molecule has 2 amide bonds. The number of likely N-dealkylation sites (tertiary alicyclic amines) is 1. The monoisotopic (exact) mass is 523 g/mol. The van der Waals surface area contributed by atoms with Gasteiger partial charge in [0.05, 0.1) is 29.1 Å². The first kappa shape index (κ1) is 25.8. The van der Waals surface area contributed by atoms with Crippen molar-refractivity contribution in [2.24, 2.45) is 24.8 Å². The highest BCUT2D eigenvalue weighted by Gasteiger charge is 2.47. The van der Waals surface area contributed by atoms with Crippen LogP contribution in [0.4, 0.5) is 18.9 Å². The first-order chi connectivity index (χ1) is 18.0. The standard InChI is InChI=1S/C28H28F3N5O2/c1-15(2)27(38)36-12-18-7-8-19(13-36)22(18)20-14-35(3)25-23(20)24(28(29,30)31)21(11-33-25)34-26(37)17-6-4-5-16(9-17)10-32/h4-6,9,11,14-15,18-19,22H,7-8,12-13H2,1-3H3,(H,34,37)/t18-,19?,22-/m0/s1. The molecule has 1 N–H and O–H groups in total. The number of pyridine rings is 1. The van der Waals surface area contributed by atoms with Crippen LogP contribution in [0.15, 0.2) is 36.7 Å². The lowest BCUT2D eigenvalue weighted by molar-refractivity contribution is -0.137. The molecule has 0 spiro atoms. The molecule has 3 atom stereocenters. The molecule has 10 heteroatoms. The van der Waals surface area contributed by atoms with Crippen LogP contribution >= 0.6 is 0 Å². The van der Waals surface area contributed by atoms with Crippen molar-refractivity contribution in [3.8, 4) is 6.07 Å². The van der Waals surface area contributed by atoms with Gasteiger partial charge in [0, 0.05) is 43.2 Å². The predicted molar refractivity (Wildman–Crippen MR) is 135 cm³/mol. The lowest BCUT2D eigenvalue weighted by Gasteiger charge is -2.39. The van der Waals surface area contributed by atoms with Crippen LogP contribution in [0.3, 0.4) is 0 Å². The Morgan fingerprint density at radius 2 is 1.87 bits per heavy atom. The van der Waals surface area contributed by atoms with Crippen LogP contribution in [0.25, 0.3) is 11.0 Å². The fraction of sp³-hybridized carbons (Fsp3) is 0.429. The van der Waals surface area contributed by atoms with Crippen LogP contribution < -0.4 is 5.32 Å². The highest BCUT2D eigenvalue weighted by Crippen LogP contribution is 2.52. The van der Waals surface area contributed by atoms with Gasteiger partial charge in [-0.15, -0.1) is 0 Å². The number of benzene rings is 1. The largest absolute Gasteiger partial charge is 0.419 e. The average Bonchev–Trinajstić information content (AvgIpc) is 3.33. The van der Waals surface area contributed by atoms with Crippen molar-refractivity contribution >= 4 is 28.5 Å². The minimum Gasteiger partial charge on any atom is -0.342 e. The Bertz CT molecular complexity index is 1460. The van der Waals surface area contributed by atoms with Crippen molar-refractivity contribution in [2.45, 2.75) is 38.8 Å². The van der Waals surface area contributed by atoms with Gasteiger partial charge in [0.15, 0.2) is 0 Å². The number of alkyl halides is 3. The van der Waals surface area contributed by atoms with Gasteiger partial charge in [-0.2, -0.15) is 18.4 Å². The van der Waals surface area contributed by atoms with E-state index in [1.165, 1.54) is 24.3 Å². The summed E-state index contributed by atoms with van der Waals surface area (Å²) in [7, 11) is 1.67. The molecule has 1 saturated carbocycles. The Kier molecular flexibility index (Phi) is 6.41. The van der Waals surface area contributed by atoms with Gasteiger partial charge in [-0.05, 0) is 54.4 Å². The third kappa shape index (κ3) is 4.40. The van der Waals surface area contributed by atoms with Crippen molar-refractivity contribution in [3.63, 3.8) is 0 Å². The van der Waals surface area contributed by atoms with E-state index in [1.54, 1.807) is 17.8 Å². The summed E-state index contributed by atoms with van der Waals surface area (Å²) in [4.78, 5) is 31.8. The number of carbonyl (C=O) groups is 2. The smallest absolute Gasteiger partial charge is 0.342 e. The van der Waals surface area contributed by atoms with E-state index < -0.39 is 23.3 Å². The maximum Gasteiger partial charge on any atom is 0.419 e. The molecule has 2 fully saturated rings. The Hall–Kier alpha value is -3.87. The van der Waals surface area contributed by atoms with E-state index in [9.17, 15) is 22.8 Å². The van der Waals surface area contributed by atoms with E-state index in [4.69, 9.17) is 5.26 Å². The second-order valence-electron chi connectivity index (χ2n) is 10.6. The molecule has 3 heterocycles. The number of nitrogens with zero attached hydrogens (tertiary/aromatic N) is 4. The van der Waals surface area contributed by atoms with Gasteiger partial charge in [0.1, 0.15) is 5.65 Å². The molecule has 198 valence electrons. The van der Waals surface area contributed by atoms with Crippen molar-refractivity contribution in [3.05, 3.63) is 58.9 Å². The molecule has 1 saturated heterocycles. The molecule has 2 aliphatic rings. The summed E-state index contributed by atoms with van der Waals surface area (Å²) < 4.78 is 45.7. The third-order valence-electron chi connectivity index (χ3n) is 7.80. The highest BCUT2D eigenvalue weighted by molar-refractivity contribution is 6.06. The number of rotatable bonds is 4. The molecule has 1 unspecified atom stereocenters. The van der Waals surface area contributed by atoms with Crippen molar-refractivity contribution < 1.29 is 22.8 Å². The van der Waals surface area contributed by atoms with Gasteiger partial charge < -0.3 is 14.8 Å². The maximum atomic E-state index is 14.7. The molecule has 0 radical (unpaired) electrons. The number of halogens is 3. The van der Waals surface area contributed by atoms with E-state index in [2.05, 4.69) is 10.3 Å². The lowest BCUT2D eigenvalue weighted by Crippen LogP contribution is -2.45. The van der Waals surface area contributed by atoms with Gasteiger partial charge in [-0.1, -0.05) is 19.9 Å². The maximum absolute atomic E-state index is 14.7. The topological polar surface area (TPSA) is 91.0 Å². The zero-order chi connectivity index (χ0) is 27.4. The Morgan fingerprint density at radius 3 is 2.47 bits per heavy atom. The average molecular weight is 524 g/mol. The van der Waals surface area contributed by atoms with E-state index in [0.717, 1.165) is 19.0 Å². The normalized spacial score (nSPS) is 21.1. The summed E-state index contributed by atoms with van der Waals surface area (Å²) >= 11 is 0. The number of anilines is 1. The first-order valence-electron chi connectivity index (χ1n) is 12.6. The van der Waals surface area contributed by atoms with Gasteiger partial charge in [0.2, 0.25) is 5.91 Å². The van der Waals surface area contributed by atoms with Crippen LogP contribution in [0, 0.1) is 29.1 Å². The number of amides is 2. The lowest BCUT2D eigenvalue weighted by atomic mass is 9.79. The number of aromatic nitrogens is 2. The number of nitriles is 1. The first-order valence-corrected chi connectivity index (χ1v) is 12.6. The van der Waals surface area contributed by atoms with E-state index in [0.29, 0.717) is 18.7 Å². The fourth-order valence-electron chi connectivity index (χ4n) is 6.22. The van der Waals surface area contributed by atoms with Crippen LogP contribution in [0.5, 0.6) is 0 Å². The molecule has 38 heavy (non-hydrogen) atoms. The second-order valence-corrected chi connectivity index (χ2v) is 10.6. The SMILES string of the molecule is CC(C)C(=O)N1CC2CC[C@@H](C1)[C@@H]2c1cn(C)c2ncc(NC(=O)c3cccc(C#N)c3)c(C(F)(F)F)c12. The third-order valence-corrected chi connectivity index (χ3v) is 7.80. The molecule has 1 aliphatic carbocycles. The minimum atomic E-state index is -4.76. The Balaban J connectivity index is 1.58. The van der Waals surface area contributed by atoms with Gasteiger partial charge in [-0.25, -0.2) is 4.98 Å². The summed E-state index contributed by atoms with van der Waals surface area (Å²) in [6.45, 7) is 4.76. The highest BCUT2D eigenvalue weighted by atomic mass is 19.4. The zero-order valence-electron chi connectivity index (χ0n) is 21.3. The van der Waals surface area contributed by atoms with Crippen molar-refractivity contribution in [1.82, 2.24) is 14.5 Å². The molecular formula is C28H28F3N5O2. The number of carbonyl (C=O) groups excluding carboxylic acids is 2. The number of fused-ring (bicyclic) bond motifs is 3. The van der Waals surface area contributed by atoms with E-state index in [1.807, 2.05) is 24.8 Å². The molecule has 7 nitrogen and oxygen atoms in total. The molecule has 1 aliphatic heterocycles. The molecule has 1 aromatic carbocycles. The number of hydrogen-bond donors (Lipinski definition) is 1. The van der Waals surface area contributed by atoms with Crippen molar-refractivity contribution in [1.29, 1.82) is 5.26 Å². The fourth-order valence-corrected chi connectivity index (χ4v) is 6.22. The summed E-state index contributed by atoms with van der Waals surface area (Å²) in [6.07, 6.45) is -0.311. The summed E-state index contributed by atoms with van der Waals surface area (Å²) in [5.41, 5.74) is -0.297. The molecule has 2 bridgehead atoms. The quantitative estimate of drug-likeness (QED) is 0.501. The van der Waals surface area contributed by atoms with E-state index >= 15 is 0 Å². The summed E-state index contributed by atoms with van der Waals surface area (Å²) in [5, 5.41) is 11.5. The number of nitrogens with one attached hydrogen (secondary N) is 1. The Labute approximate surface area is 218 Å². The van der Waals surface area contributed by atoms with Crippen LogP contribution in [0.1, 0.15) is 59.7 Å². The van der Waals surface area contributed by atoms with Gasteiger partial charge in [0.25, 0.3) is 5.91 Å². The van der Waals surface area contributed by atoms with Gasteiger partial charge in [-0.3, -0.25) is 9.59 Å². The summed E-state index contributed by atoms with van der Waals surface area (Å²) in [6, 6.07) is 7.70. The predicted octanol–water partition coefficient (Wildman–Crippen LogP) is 5.32. The Morgan fingerprint density at radius 1 is 1.18 bits per heavy atom. The molecule has 2 aromatic heterocycles. The zero-order valence-corrected chi connectivity index (χ0v) is 21.3. The molecular weight excluding hydrogens is 495 g/mol. The van der Waals surface area contributed by atoms with Gasteiger partial charge >= 0.3 is 6.18 Å². The van der Waals surface area contributed by atoms with Crippen molar-refractivity contribution in [2.75, 3.05) is 18.4 Å². The summed E-state index contributed by atoms with van der Waals surface area (Å²) in [5.74, 6) is -0.862. The van der Waals surface area contributed by atoms with Crippen LogP contribution in [-0.2, 0) is 18.0 Å². The minimum absolute atomic E-state index is 0.00545. The number of piperidine rings is 1. The molecule has 5 rings (SSSR count). The second kappa shape index (κ2) is 9.46. The number of hydrogen-bond acceptors (Lipinski definition) is 4. The molecule has 3 aromatic rings. The van der Waals surface area contributed by atoms with E-state index in [-0.39, 0.29) is 51.7 Å².